The lowest BCUT2D eigenvalue weighted by molar-refractivity contribution is -0.161. The number of amides is 4. The molecule has 8 heteroatoms. The maximum Gasteiger partial charge on any atom is 0.327 e. The molecule has 2 aromatic carbocycles. The van der Waals surface area contributed by atoms with Gasteiger partial charge in [-0.3, -0.25) is 19.3 Å². The molecule has 1 N–H and O–H groups in total. The number of carbonyl (C=O) groups is 4. The minimum absolute atomic E-state index is 0.429. The smallest absolute Gasteiger partial charge is 0.327 e. The van der Waals surface area contributed by atoms with Crippen molar-refractivity contribution in [2.45, 2.75) is 25.5 Å². The van der Waals surface area contributed by atoms with E-state index in [2.05, 4.69) is 5.32 Å². The molecule has 0 unspecified atom stereocenters. The fourth-order valence-electron chi connectivity index (χ4n) is 3.34. The van der Waals surface area contributed by atoms with Crippen LogP contribution in [0, 0.1) is 6.92 Å². The maximum absolute atomic E-state index is 13.0. The van der Waals surface area contributed by atoms with Gasteiger partial charge in [-0.05, 0) is 19.4 Å². The molecular weight excluding hydrogens is 398 g/mol. The number of esters is 1. The van der Waals surface area contributed by atoms with E-state index in [-0.39, 0.29) is 0 Å². The molecule has 0 spiro atoms. The zero-order chi connectivity index (χ0) is 22.8. The van der Waals surface area contributed by atoms with Crippen LogP contribution >= 0.6 is 0 Å². The first kappa shape index (κ1) is 22.0. The molecule has 3 rings (SSSR count). The van der Waals surface area contributed by atoms with Gasteiger partial charge in [-0.15, -0.1) is 0 Å². The zero-order valence-electron chi connectivity index (χ0n) is 17.9. The van der Waals surface area contributed by atoms with E-state index in [1.54, 1.807) is 63.5 Å². The molecule has 1 heterocycles. The third-order valence-corrected chi connectivity index (χ3v) is 5.21. The Hall–Kier alpha value is -3.68. The van der Waals surface area contributed by atoms with Crippen LogP contribution in [0.3, 0.4) is 0 Å². The first-order valence-corrected chi connectivity index (χ1v) is 9.80. The van der Waals surface area contributed by atoms with Gasteiger partial charge in [0, 0.05) is 19.7 Å². The number of rotatable bonds is 6. The summed E-state index contributed by atoms with van der Waals surface area (Å²) in [5.74, 6) is -1.85. The zero-order valence-corrected chi connectivity index (χ0v) is 17.9. The Bertz CT molecular complexity index is 1000. The molecule has 1 saturated heterocycles. The highest BCUT2D eigenvalue weighted by Gasteiger charge is 2.49. The molecule has 4 amide bonds. The molecule has 31 heavy (non-hydrogen) atoms. The van der Waals surface area contributed by atoms with E-state index in [0.717, 1.165) is 10.5 Å². The van der Waals surface area contributed by atoms with E-state index >= 15 is 0 Å². The third kappa shape index (κ3) is 4.42. The first-order valence-electron chi connectivity index (χ1n) is 9.80. The molecule has 8 nitrogen and oxygen atoms in total. The van der Waals surface area contributed by atoms with Crippen molar-refractivity contribution in [3.05, 3.63) is 71.3 Å². The number of aryl methyl sites for hydroxylation is 1. The summed E-state index contributed by atoms with van der Waals surface area (Å²) in [5, 5.41) is 2.65. The quantitative estimate of drug-likeness (QED) is 0.567. The number of hydrogen-bond donors (Lipinski definition) is 1. The topological polar surface area (TPSA) is 96.0 Å². The maximum atomic E-state index is 13.0. The van der Waals surface area contributed by atoms with Crippen molar-refractivity contribution in [3.63, 3.8) is 0 Å². The molecular formula is C23H25N3O5. The van der Waals surface area contributed by atoms with Crippen LogP contribution in [0.5, 0.6) is 0 Å². The number of hydrogen-bond acceptors (Lipinski definition) is 5. The number of carbonyl (C=O) groups excluding carboxylic acids is 4. The SMILES string of the molecule is Cc1ccc([C@]2(C)NC(=O)N(CC(=O)O[C@@H](C(=O)N(C)C)c3ccccc3)C2=O)cc1. The minimum atomic E-state index is -1.29. The molecule has 0 bridgehead atoms. The van der Waals surface area contributed by atoms with E-state index in [4.69, 9.17) is 4.74 Å². The summed E-state index contributed by atoms with van der Waals surface area (Å²) in [6.07, 6.45) is -1.17. The Morgan fingerprint density at radius 1 is 1.06 bits per heavy atom. The van der Waals surface area contributed by atoms with Crippen LogP contribution in [0.4, 0.5) is 4.79 Å². The summed E-state index contributed by atoms with van der Waals surface area (Å²) in [5.41, 5.74) is 0.833. The summed E-state index contributed by atoms with van der Waals surface area (Å²) < 4.78 is 5.40. The van der Waals surface area contributed by atoms with Gasteiger partial charge in [0.25, 0.3) is 11.8 Å². The molecule has 2 aromatic rings. The predicted molar refractivity (Wildman–Crippen MR) is 113 cm³/mol. The van der Waals surface area contributed by atoms with Crippen molar-refractivity contribution < 1.29 is 23.9 Å². The van der Waals surface area contributed by atoms with Gasteiger partial charge in [-0.25, -0.2) is 4.79 Å². The first-order chi connectivity index (χ1) is 14.6. The number of ether oxygens (including phenoxy) is 1. The second kappa shape index (κ2) is 8.59. The van der Waals surface area contributed by atoms with E-state index in [9.17, 15) is 19.2 Å². The van der Waals surface area contributed by atoms with Crippen molar-refractivity contribution in [1.82, 2.24) is 15.1 Å². The fourth-order valence-corrected chi connectivity index (χ4v) is 3.34. The van der Waals surface area contributed by atoms with E-state index in [1.807, 2.05) is 19.1 Å². The normalized spacial score (nSPS) is 19.0. The molecule has 0 radical (unpaired) electrons. The van der Waals surface area contributed by atoms with Gasteiger partial charge in [0.15, 0.2) is 0 Å². The van der Waals surface area contributed by atoms with Crippen molar-refractivity contribution in [3.8, 4) is 0 Å². The summed E-state index contributed by atoms with van der Waals surface area (Å²) in [7, 11) is 3.10. The standard InChI is InChI=1S/C23H25N3O5/c1-15-10-12-17(13-11-15)23(2)21(29)26(22(30)24-23)14-18(27)31-19(20(28)25(3)4)16-8-6-5-7-9-16/h5-13,19H,14H2,1-4H3,(H,24,30)/t19-,23+/m1/s1. The lowest BCUT2D eigenvalue weighted by atomic mass is 9.91. The molecule has 2 atom stereocenters. The summed E-state index contributed by atoms with van der Waals surface area (Å²) in [4.78, 5) is 52.8. The Labute approximate surface area is 180 Å². The van der Waals surface area contributed by atoms with Crippen molar-refractivity contribution in [2.24, 2.45) is 0 Å². The molecule has 0 saturated carbocycles. The highest BCUT2D eigenvalue weighted by Crippen LogP contribution is 2.29. The molecule has 162 valence electrons. The predicted octanol–water partition coefficient (Wildman–Crippen LogP) is 2.13. The number of benzene rings is 2. The van der Waals surface area contributed by atoms with Crippen LogP contribution in [0.1, 0.15) is 29.7 Å². The van der Waals surface area contributed by atoms with E-state index < -0.39 is 42.0 Å². The lowest BCUT2D eigenvalue weighted by Gasteiger charge is -2.23. The monoisotopic (exact) mass is 423 g/mol. The van der Waals surface area contributed by atoms with Crippen molar-refractivity contribution in [2.75, 3.05) is 20.6 Å². The molecule has 0 aromatic heterocycles. The van der Waals surface area contributed by atoms with Gasteiger partial charge < -0.3 is 15.0 Å². The van der Waals surface area contributed by atoms with E-state index in [1.165, 1.54) is 4.90 Å². The van der Waals surface area contributed by atoms with Crippen LogP contribution < -0.4 is 5.32 Å². The number of urea groups is 1. The number of nitrogens with zero attached hydrogens (tertiary/aromatic N) is 2. The second-order valence-electron chi connectivity index (χ2n) is 7.83. The molecule has 1 aliphatic heterocycles. The summed E-state index contributed by atoms with van der Waals surface area (Å²) in [6.45, 7) is 2.91. The van der Waals surface area contributed by atoms with Crippen molar-refractivity contribution >= 4 is 23.8 Å². The summed E-state index contributed by atoms with van der Waals surface area (Å²) >= 11 is 0. The Balaban J connectivity index is 1.77. The van der Waals surface area contributed by atoms with Crippen LogP contribution in [0.25, 0.3) is 0 Å². The van der Waals surface area contributed by atoms with Gasteiger partial charge in [-0.2, -0.15) is 0 Å². The second-order valence-corrected chi connectivity index (χ2v) is 7.83. The number of imide groups is 1. The van der Waals surface area contributed by atoms with Gasteiger partial charge in [0.2, 0.25) is 6.10 Å². The molecule has 1 fully saturated rings. The van der Waals surface area contributed by atoms with Gasteiger partial charge >= 0.3 is 12.0 Å². The van der Waals surface area contributed by atoms with Crippen LogP contribution in [0.15, 0.2) is 54.6 Å². The van der Waals surface area contributed by atoms with Crippen molar-refractivity contribution in [1.29, 1.82) is 0 Å². The van der Waals surface area contributed by atoms with Crippen LogP contribution in [0.2, 0.25) is 0 Å². The van der Waals surface area contributed by atoms with Gasteiger partial charge in [-0.1, -0.05) is 60.2 Å². The van der Waals surface area contributed by atoms with Gasteiger partial charge in [0.1, 0.15) is 12.1 Å². The number of nitrogens with one attached hydrogen (secondary N) is 1. The minimum Gasteiger partial charge on any atom is -0.446 e. The highest BCUT2D eigenvalue weighted by molar-refractivity contribution is 6.08. The number of likely N-dealkylation sites (N-methyl/N-ethyl adjacent to an activating group) is 1. The average molecular weight is 423 g/mol. The Kier molecular flexibility index (Phi) is 6.10. The van der Waals surface area contributed by atoms with Crippen LogP contribution in [-0.4, -0.2) is 54.3 Å². The van der Waals surface area contributed by atoms with E-state index in [0.29, 0.717) is 11.1 Å². The molecule has 1 aliphatic rings. The Morgan fingerprint density at radius 2 is 1.68 bits per heavy atom. The average Bonchev–Trinajstić information content (AvgIpc) is 2.96. The lowest BCUT2D eigenvalue weighted by Crippen LogP contribution is -2.42. The summed E-state index contributed by atoms with van der Waals surface area (Å²) in [6, 6.07) is 15.1. The fraction of sp³-hybridized carbons (Fsp3) is 0.304. The molecule has 0 aliphatic carbocycles. The van der Waals surface area contributed by atoms with Crippen LogP contribution in [-0.2, 0) is 24.7 Å². The highest BCUT2D eigenvalue weighted by atomic mass is 16.5. The third-order valence-electron chi connectivity index (χ3n) is 5.21. The van der Waals surface area contributed by atoms with Gasteiger partial charge in [0.05, 0.1) is 0 Å². The largest absolute Gasteiger partial charge is 0.446 e. The Morgan fingerprint density at radius 3 is 2.26 bits per heavy atom.